The molecule has 1 atom stereocenters. The first-order chi connectivity index (χ1) is 9.47. The number of aryl methyl sites for hydroxylation is 1. The molecule has 118 valence electrons. The van der Waals surface area contributed by atoms with E-state index in [2.05, 4.69) is 15.8 Å². The maximum atomic E-state index is 12.2. The summed E-state index contributed by atoms with van der Waals surface area (Å²) in [7, 11) is 1.64. The van der Waals surface area contributed by atoms with Crippen molar-refractivity contribution in [3.05, 3.63) is 11.8 Å². The van der Waals surface area contributed by atoms with Crippen LogP contribution in [0.2, 0.25) is 0 Å². The molecule has 0 spiro atoms. The summed E-state index contributed by atoms with van der Waals surface area (Å²) in [5.41, 5.74) is 0. The minimum atomic E-state index is -0.284. The average Bonchev–Trinajstić information content (AvgIpc) is 2.71. The number of carbonyl (C=O) groups is 2. The Morgan fingerprint density at radius 1 is 1.57 bits per heavy atom. The zero-order valence-corrected chi connectivity index (χ0v) is 13.2. The van der Waals surface area contributed by atoms with Crippen molar-refractivity contribution in [2.45, 2.75) is 13.8 Å². The number of nitrogens with one attached hydrogen (secondary N) is 2. The maximum absolute atomic E-state index is 12.2. The number of hydrogen-bond donors (Lipinski definition) is 2. The van der Waals surface area contributed by atoms with Crippen LogP contribution in [0.4, 0.5) is 5.82 Å². The van der Waals surface area contributed by atoms with Crippen LogP contribution in [0.3, 0.4) is 0 Å². The van der Waals surface area contributed by atoms with Crippen LogP contribution in [0, 0.1) is 18.8 Å². The van der Waals surface area contributed by atoms with E-state index in [1.165, 1.54) is 4.90 Å². The van der Waals surface area contributed by atoms with Crippen LogP contribution in [0.1, 0.15) is 12.7 Å². The number of likely N-dealkylation sites (N-methyl/N-ethyl adjacent to an activating group) is 1. The van der Waals surface area contributed by atoms with Crippen molar-refractivity contribution < 1.29 is 14.1 Å². The van der Waals surface area contributed by atoms with E-state index >= 15 is 0 Å². The molecule has 1 aromatic rings. The number of carbonyl (C=O) groups excluding carboxylic acids is 2. The topological polar surface area (TPSA) is 87.5 Å². The van der Waals surface area contributed by atoms with E-state index in [9.17, 15) is 9.59 Å². The van der Waals surface area contributed by atoms with E-state index in [-0.39, 0.29) is 36.7 Å². The van der Waals surface area contributed by atoms with Crippen LogP contribution in [-0.4, -0.2) is 48.6 Å². The van der Waals surface area contributed by atoms with Gasteiger partial charge in [-0.15, -0.1) is 12.4 Å². The molecule has 8 heteroatoms. The Labute approximate surface area is 129 Å². The third kappa shape index (κ3) is 4.44. The van der Waals surface area contributed by atoms with Gasteiger partial charge in [0.05, 0.1) is 6.54 Å². The molecule has 2 heterocycles. The number of rotatable bonds is 5. The molecule has 1 unspecified atom stereocenters. The Bertz CT molecular complexity index is 501. The lowest BCUT2D eigenvalue weighted by Gasteiger charge is -2.33. The molecule has 1 saturated heterocycles. The van der Waals surface area contributed by atoms with Gasteiger partial charge in [-0.25, -0.2) is 0 Å². The molecule has 0 aromatic carbocycles. The Morgan fingerprint density at radius 2 is 2.24 bits per heavy atom. The minimum Gasteiger partial charge on any atom is -0.360 e. The maximum Gasteiger partial charge on any atom is 0.245 e. The fourth-order valence-corrected chi connectivity index (χ4v) is 2.11. The minimum absolute atomic E-state index is 0. The van der Waals surface area contributed by atoms with Gasteiger partial charge in [0.25, 0.3) is 0 Å². The first kappa shape index (κ1) is 17.5. The van der Waals surface area contributed by atoms with Gasteiger partial charge >= 0.3 is 0 Å². The second-order valence-electron chi connectivity index (χ2n) is 5.27. The standard InChI is InChI=1S/C13H20N4O3.ClH/c1-8-4-11(16-20-8)15-12(18)7-17(3)13(19)9(2)10-5-14-6-10;/h4,9-10,14H,5-7H2,1-3H3,(H,15,16,18);1H. The lowest BCUT2D eigenvalue weighted by Crippen LogP contribution is -2.50. The molecule has 0 aliphatic carbocycles. The van der Waals surface area contributed by atoms with E-state index in [1.807, 2.05) is 6.92 Å². The van der Waals surface area contributed by atoms with Gasteiger partial charge in [0.2, 0.25) is 11.8 Å². The number of nitrogens with zero attached hydrogens (tertiary/aromatic N) is 2. The van der Waals surface area contributed by atoms with Gasteiger partial charge in [-0.2, -0.15) is 0 Å². The Kier molecular flexibility index (Phi) is 6.17. The second kappa shape index (κ2) is 7.42. The SMILES string of the molecule is Cc1cc(NC(=O)CN(C)C(=O)C(C)C2CNC2)no1.Cl. The summed E-state index contributed by atoms with van der Waals surface area (Å²) in [6.45, 7) is 5.39. The summed E-state index contributed by atoms with van der Waals surface area (Å²) < 4.78 is 4.86. The van der Waals surface area contributed by atoms with Crippen molar-refractivity contribution in [2.24, 2.45) is 11.8 Å². The van der Waals surface area contributed by atoms with Crippen molar-refractivity contribution in [3.63, 3.8) is 0 Å². The number of amides is 2. The summed E-state index contributed by atoms with van der Waals surface area (Å²) in [4.78, 5) is 25.4. The molecule has 21 heavy (non-hydrogen) atoms. The van der Waals surface area contributed by atoms with Crippen molar-refractivity contribution in [1.29, 1.82) is 0 Å². The van der Waals surface area contributed by atoms with Gasteiger partial charge in [-0.1, -0.05) is 12.1 Å². The predicted octanol–water partition coefficient (Wildman–Crippen LogP) is 0.657. The molecule has 0 bridgehead atoms. The summed E-state index contributed by atoms with van der Waals surface area (Å²) in [5, 5.41) is 9.41. The van der Waals surface area contributed by atoms with Crippen LogP contribution >= 0.6 is 12.4 Å². The van der Waals surface area contributed by atoms with Crippen LogP contribution in [-0.2, 0) is 9.59 Å². The van der Waals surface area contributed by atoms with E-state index < -0.39 is 0 Å². The molecule has 1 aliphatic rings. The van der Waals surface area contributed by atoms with Gasteiger partial charge in [0.15, 0.2) is 5.82 Å². The van der Waals surface area contributed by atoms with Crippen LogP contribution in [0.15, 0.2) is 10.6 Å². The van der Waals surface area contributed by atoms with Crippen molar-refractivity contribution in [3.8, 4) is 0 Å². The molecule has 2 amide bonds. The van der Waals surface area contributed by atoms with E-state index in [0.29, 0.717) is 17.5 Å². The van der Waals surface area contributed by atoms with Crippen molar-refractivity contribution in [1.82, 2.24) is 15.4 Å². The molecule has 1 fully saturated rings. The number of aromatic nitrogens is 1. The highest BCUT2D eigenvalue weighted by Gasteiger charge is 2.30. The van der Waals surface area contributed by atoms with Gasteiger partial charge in [0, 0.05) is 19.0 Å². The average molecular weight is 317 g/mol. The zero-order valence-electron chi connectivity index (χ0n) is 12.4. The fraction of sp³-hybridized carbons (Fsp3) is 0.615. The van der Waals surface area contributed by atoms with Gasteiger partial charge in [-0.3, -0.25) is 9.59 Å². The first-order valence-electron chi connectivity index (χ1n) is 6.66. The summed E-state index contributed by atoms with van der Waals surface area (Å²) in [6, 6.07) is 1.63. The lowest BCUT2D eigenvalue weighted by molar-refractivity contribution is -0.138. The lowest BCUT2D eigenvalue weighted by atomic mass is 9.88. The molecule has 0 radical (unpaired) electrons. The van der Waals surface area contributed by atoms with Crippen molar-refractivity contribution in [2.75, 3.05) is 32.0 Å². The Hall–Kier alpha value is -1.60. The molecule has 0 saturated carbocycles. The molecule has 1 aromatic heterocycles. The number of hydrogen-bond acceptors (Lipinski definition) is 5. The Balaban J connectivity index is 0.00000220. The predicted molar refractivity (Wildman–Crippen MR) is 80.3 cm³/mol. The molecule has 2 N–H and O–H groups in total. The quantitative estimate of drug-likeness (QED) is 0.833. The van der Waals surface area contributed by atoms with Crippen LogP contribution < -0.4 is 10.6 Å². The summed E-state index contributed by atoms with van der Waals surface area (Å²) in [5.74, 6) is 0.992. The largest absolute Gasteiger partial charge is 0.360 e. The molecule has 1 aliphatic heterocycles. The Morgan fingerprint density at radius 3 is 2.71 bits per heavy atom. The monoisotopic (exact) mass is 316 g/mol. The highest BCUT2D eigenvalue weighted by Crippen LogP contribution is 2.17. The third-order valence-corrected chi connectivity index (χ3v) is 3.56. The normalized spacial score (nSPS) is 15.6. The highest BCUT2D eigenvalue weighted by molar-refractivity contribution is 5.94. The van der Waals surface area contributed by atoms with E-state index in [4.69, 9.17) is 4.52 Å². The number of halogens is 1. The van der Waals surface area contributed by atoms with E-state index in [1.54, 1.807) is 20.0 Å². The van der Waals surface area contributed by atoms with Gasteiger partial charge < -0.3 is 20.1 Å². The smallest absolute Gasteiger partial charge is 0.245 e. The second-order valence-corrected chi connectivity index (χ2v) is 5.27. The first-order valence-corrected chi connectivity index (χ1v) is 6.66. The summed E-state index contributed by atoms with van der Waals surface area (Å²) >= 11 is 0. The highest BCUT2D eigenvalue weighted by atomic mass is 35.5. The van der Waals surface area contributed by atoms with Crippen molar-refractivity contribution >= 4 is 30.0 Å². The fourth-order valence-electron chi connectivity index (χ4n) is 2.11. The molecule has 2 rings (SSSR count). The zero-order chi connectivity index (χ0) is 14.7. The van der Waals surface area contributed by atoms with Gasteiger partial charge in [0.1, 0.15) is 5.76 Å². The summed E-state index contributed by atoms with van der Waals surface area (Å²) in [6.07, 6.45) is 0. The molecular formula is C13H21ClN4O3. The van der Waals surface area contributed by atoms with E-state index in [0.717, 1.165) is 13.1 Å². The van der Waals surface area contributed by atoms with Crippen LogP contribution in [0.25, 0.3) is 0 Å². The molecule has 7 nitrogen and oxygen atoms in total. The van der Waals surface area contributed by atoms with Gasteiger partial charge in [-0.05, 0) is 25.9 Å². The number of anilines is 1. The van der Waals surface area contributed by atoms with Crippen LogP contribution in [0.5, 0.6) is 0 Å². The molecular weight excluding hydrogens is 296 g/mol. The third-order valence-electron chi connectivity index (χ3n) is 3.56.